The minimum Gasteiger partial charge on any atom is -0.404 e. The molecule has 0 unspecified atom stereocenters. The summed E-state index contributed by atoms with van der Waals surface area (Å²) in [6.07, 6.45) is -2.45. The van der Waals surface area contributed by atoms with E-state index < -0.39 is 6.36 Å². The Labute approximate surface area is 128 Å². The summed E-state index contributed by atoms with van der Waals surface area (Å²) in [6, 6.07) is 9.98. The largest absolute Gasteiger partial charge is 0.573 e. The smallest absolute Gasteiger partial charge is 0.404 e. The molecule has 3 nitrogen and oxygen atoms in total. The van der Waals surface area contributed by atoms with Crippen molar-refractivity contribution in [1.82, 2.24) is 4.98 Å². The standard InChI is InChI=1S/C14H12BrF3N2O/c15-10-4-5-12(13(9-10)21-14(16,17)18)20-8-6-11-3-1-2-7-19-11/h1-5,7,9,20H,6,8H2. The number of rotatable bonds is 5. The number of halogens is 4. The van der Waals surface area contributed by atoms with Gasteiger partial charge in [-0.15, -0.1) is 13.2 Å². The monoisotopic (exact) mass is 360 g/mol. The second-order valence-corrected chi connectivity index (χ2v) is 5.10. The van der Waals surface area contributed by atoms with E-state index in [2.05, 4.69) is 31.0 Å². The van der Waals surface area contributed by atoms with Crippen LogP contribution in [0, 0.1) is 0 Å². The van der Waals surface area contributed by atoms with Crippen molar-refractivity contribution in [2.45, 2.75) is 12.8 Å². The van der Waals surface area contributed by atoms with Crippen molar-refractivity contribution in [3.8, 4) is 5.75 Å². The van der Waals surface area contributed by atoms with Crippen LogP contribution in [0.3, 0.4) is 0 Å². The van der Waals surface area contributed by atoms with Crippen molar-refractivity contribution in [3.05, 3.63) is 52.8 Å². The maximum absolute atomic E-state index is 12.4. The molecule has 0 aliphatic carbocycles. The summed E-state index contributed by atoms with van der Waals surface area (Å²) in [5.74, 6) is -0.266. The van der Waals surface area contributed by atoms with Gasteiger partial charge in [0.2, 0.25) is 0 Å². The van der Waals surface area contributed by atoms with Crippen LogP contribution in [-0.2, 0) is 6.42 Å². The van der Waals surface area contributed by atoms with Gasteiger partial charge < -0.3 is 10.1 Å². The Kier molecular flexibility index (Phi) is 5.06. The Hall–Kier alpha value is -1.76. The summed E-state index contributed by atoms with van der Waals surface area (Å²) in [5.41, 5.74) is 1.15. The summed E-state index contributed by atoms with van der Waals surface area (Å²) in [4.78, 5) is 4.15. The van der Waals surface area contributed by atoms with Gasteiger partial charge in [-0.2, -0.15) is 0 Å². The van der Waals surface area contributed by atoms with E-state index in [0.29, 0.717) is 17.4 Å². The second-order valence-electron chi connectivity index (χ2n) is 4.19. The van der Waals surface area contributed by atoms with E-state index in [1.54, 1.807) is 18.3 Å². The van der Waals surface area contributed by atoms with Crippen LogP contribution in [-0.4, -0.2) is 17.9 Å². The number of hydrogen-bond acceptors (Lipinski definition) is 3. The molecule has 21 heavy (non-hydrogen) atoms. The first-order valence-corrected chi connectivity index (χ1v) is 6.92. The highest BCUT2D eigenvalue weighted by molar-refractivity contribution is 9.10. The van der Waals surface area contributed by atoms with E-state index in [0.717, 1.165) is 5.69 Å². The van der Waals surface area contributed by atoms with Crippen LogP contribution in [0.1, 0.15) is 5.69 Å². The molecular formula is C14H12BrF3N2O. The van der Waals surface area contributed by atoms with Crippen molar-refractivity contribution in [2.75, 3.05) is 11.9 Å². The first-order chi connectivity index (χ1) is 9.94. The Balaban J connectivity index is 2.02. The predicted octanol–water partition coefficient (Wildman–Crippen LogP) is 4.40. The molecule has 0 atom stereocenters. The number of nitrogens with zero attached hydrogens (tertiary/aromatic N) is 1. The maximum atomic E-state index is 12.4. The van der Waals surface area contributed by atoms with Crippen molar-refractivity contribution in [2.24, 2.45) is 0 Å². The molecule has 112 valence electrons. The van der Waals surface area contributed by atoms with E-state index in [1.165, 1.54) is 12.1 Å². The normalized spacial score (nSPS) is 11.2. The van der Waals surface area contributed by atoms with Gasteiger partial charge in [-0.25, -0.2) is 0 Å². The zero-order valence-corrected chi connectivity index (χ0v) is 12.4. The van der Waals surface area contributed by atoms with Gasteiger partial charge in [-0.1, -0.05) is 22.0 Å². The van der Waals surface area contributed by atoms with Crippen molar-refractivity contribution in [3.63, 3.8) is 0 Å². The molecule has 0 aliphatic heterocycles. The van der Waals surface area contributed by atoms with E-state index >= 15 is 0 Å². The number of hydrogen-bond donors (Lipinski definition) is 1. The number of nitrogens with one attached hydrogen (secondary N) is 1. The molecular weight excluding hydrogens is 349 g/mol. The number of anilines is 1. The lowest BCUT2D eigenvalue weighted by Crippen LogP contribution is -2.18. The summed E-state index contributed by atoms with van der Waals surface area (Å²) < 4.78 is 41.6. The summed E-state index contributed by atoms with van der Waals surface area (Å²) in [5, 5.41) is 2.93. The minimum atomic E-state index is -4.72. The van der Waals surface area contributed by atoms with Gasteiger partial charge in [-0.3, -0.25) is 4.98 Å². The number of alkyl halides is 3. The average molecular weight is 361 g/mol. The van der Waals surface area contributed by atoms with Crippen LogP contribution >= 0.6 is 15.9 Å². The van der Waals surface area contributed by atoms with Gasteiger partial charge in [0, 0.05) is 29.3 Å². The zero-order chi connectivity index (χ0) is 15.3. The molecule has 0 amide bonds. The molecule has 1 aromatic carbocycles. The topological polar surface area (TPSA) is 34.1 Å². The Bertz CT molecular complexity index is 591. The van der Waals surface area contributed by atoms with E-state index in [-0.39, 0.29) is 11.4 Å². The van der Waals surface area contributed by atoms with Gasteiger partial charge in [0.1, 0.15) is 0 Å². The lowest BCUT2D eigenvalue weighted by Gasteiger charge is -2.15. The molecule has 0 aliphatic rings. The lowest BCUT2D eigenvalue weighted by molar-refractivity contribution is -0.274. The van der Waals surface area contributed by atoms with Gasteiger partial charge in [-0.05, 0) is 30.3 Å². The van der Waals surface area contributed by atoms with Crippen LogP contribution < -0.4 is 10.1 Å². The highest BCUT2D eigenvalue weighted by atomic mass is 79.9. The number of pyridine rings is 1. The maximum Gasteiger partial charge on any atom is 0.573 e. The molecule has 0 radical (unpaired) electrons. The molecule has 0 bridgehead atoms. The highest BCUT2D eigenvalue weighted by Gasteiger charge is 2.32. The third-order valence-electron chi connectivity index (χ3n) is 2.59. The van der Waals surface area contributed by atoms with Crippen LogP contribution in [0.25, 0.3) is 0 Å². The van der Waals surface area contributed by atoms with Crippen LogP contribution in [0.5, 0.6) is 5.75 Å². The Morgan fingerprint density at radius 2 is 2.00 bits per heavy atom. The van der Waals surface area contributed by atoms with Crippen molar-refractivity contribution < 1.29 is 17.9 Å². The number of ether oxygens (including phenoxy) is 1. The van der Waals surface area contributed by atoms with Gasteiger partial charge >= 0.3 is 6.36 Å². The Morgan fingerprint density at radius 1 is 1.19 bits per heavy atom. The third kappa shape index (κ3) is 5.26. The average Bonchev–Trinajstić information content (AvgIpc) is 2.41. The minimum absolute atomic E-state index is 0.266. The summed E-state index contributed by atoms with van der Waals surface area (Å²) >= 11 is 3.12. The lowest BCUT2D eigenvalue weighted by atomic mass is 10.2. The highest BCUT2D eigenvalue weighted by Crippen LogP contribution is 2.32. The zero-order valence-electron chi connectivity index (χ0n) is 10.8. The summed E-state index contributed by atoms with van der Waals surface area (Å²) in [6.45, 7) is 0.451. The molecule has 1 N–H and O–H groups in total. The third-order valence-corrected chi connectivity index (χ3v) is 3.09. The molecule has 1 aromatic heterocycles. The number of benzene rings is 1. The number of aromatic nitrogens is 1. The molecule has 0 saturated heterocycles. The molecule has 1 heterocycles. The van der Waals surface area contributed by atoms with Crippen LogP contribution in [0.4, 0.5) is 18.9 Å². The van der Waals surface area contributed by atoms with E-state index in [4.69, 9.17) is 0 Å². The molecule has 0 fully saturated rings. The second kappa shape index (κ2) is 6.80. The fourth-order valence-corrected chi connectivity index (χ4v) is 2.06. The molecule has 0 spiro atoms. The SMILES string of the molecule is FC(F)(F)Oc1cc(Br)ccc1NCCc1ccccn1. The van der Waals surface area contributed by atoms with Crippen LogP contribution in [0.15, 0.2) is 47.1 Å². The van der Waals surface area contributed by atoms with Gasteiger partial charge in [0.05, 0.1) is 5.69 Å². The summed E-state index contributed by atoms with van der Waals surface area (Å²) in [7, 11) is 0. The molecule has 2 rings (SSSR count). The first-order valence-electron chi connectivity index (χ1n) is 6.13. The molecule has 0 saturated carbocycles. The van der Waals surface area contributed by atoms with Gasteiger partial charge in [0.25, 0.3) is 0 Å². The fourth-order valence-electron chi connectivity index (χ4n) is 1.72. The van der Waals surface area contributed by atoms with E-state index in [1.807, 2.05) is 12.1 Å². The fraction of sp³-hybridized carbons (Fsp3) is 0.214. The Morgan fingerprint density at radius 3 is 2.67 bits per heavy atom. The van der Waals surface area contributed by atoms with Crippen LogP contribution in [0.2, 0.25) is 0 Å². The quantitative estimate of drug-likeness (QED) is 0.858. The molecule has 7 heteroatoms. The predicted molar refractivity (Wildman–Crippen MR) is 77.3 cm³/mol. The van der Waals surface area contributed by atoms with Crippen molar-refractivity contribution >= 4 is 21.6 Å². The molecule has 2 aromatic rings. The van der Waals surface area contributed by atoms with Gasteiger partial charge in [0.15, 0.2) is 5.75 Å². The van der Waals surface area contributed by atoms with Crippen molar-refractivity contribution in [1.29, 1.82) is 0 Å². The first kappa shape index (κ1) is 15.6. The van der Waals surface area contributed by atoms with E-state index in [9.17, 15) is 13.2 Å².